The number of morpholine rings is 1. The second-order valence-corrected chi connectivity index (χ2v) is 8.45. The van der Waals surface area contributed by atoms with E-state index in [-0.39, 0.29) is 23.9 Å². The third-order valence-corrected chi connectivity index (χ3v) is 5.98. The predicted octanol–water partition coefficient (Wildman–Crippen LogP) is 1.68. The van der Waals surface area contributed by atoms with Gasteiger partial charge in [-0.2, -0.15) is 0 Å². The lowest BCUT2D eigenvalue weighted by Crippen LogP contribution is -2.38. The van der Waals surface area contributed by atoms with E-state index in [4.69, 9.17) is 38.7 Å². The summed E-state index contributed by atoms with van der Waals surface area (Å²) in [5.41, 5.74) is 3.23. The van der Waals surface area contributed by atoms with Crippen LogP contribution in [0.4, 0.5) is 0 Å². The Morgan fingerprint density at radius 3 is 2.35 bits per heavy atom. The summed E-state index contributed by atoms with van der Waals surface area (Å²) in [5.74, 6) is -3.92. The number of phenols is 1. The van der Waals surface area contributed by atoms with E-state index in [1.54, 1.807) is 7.11 Å². The fourth-order valence-corrected chi connectivity index (χ4v) is 3.89. The van der Waals surface area contributed by atoms with Crippen molar-refractivity contribution >= 4 is 23.9 Å². The number of ether oxygens (including phenoxy) is 4. The Balaban J connectivity index is 0.000000717. The highest BCUT2D eigenvalue weighted by molar-refractivity contribution is 6.27. The molecule has 2 heterocycles. The molecule has 1 saturated heterocycles. The zero-order valence-electron chi connectivity index (χ0n) is 21.2. The van der Waals surface area contributed by atoms with Crippen LogP contribution in [0.15, 0.2) is 11.6 Å². The van der Waals surface area contributed by atoms with E-state index in [0.717, 1.165) is 44.0 Å². The third-order valence-electron chi connectivity index (χ3n) is 5.98. The highest BCUT2D eigenvalue weighted by Crippen LogP contribution is 2.42. The summed E-state index contributed by atoms with van der Waals surface area (Å²) < 4.78 is 21.2. The van der Waals surface area contributed by atoms with Crippen molar-refractivity contribution in [1.82, 2.24) is 4.90 Å². The number of aliphatic carboxylic acids is 2. The fraction of sp³-hybridized carbons (Fsp3) is 0.520. The molecule has 0 bridgehead atoms. The maximum Gasteiger partial charge on any atom is 0.414 e. The minimum atomic E-state index is -1.82. The highest BCUT2D eigenvalue weighted by atomic mass is 16.5. The number of carboxylic acids is 2. The Hall–Kier alpha value is -3.64. The van der Waals surface area contributed by atoms with Crippen LogP contribution in [-0.4, -0.2) is 90.7 Å². The number of esters is 2. The van der Waals surface area contributed by atoms with Crippen LogP contribution < -0.4 is 4.74 Å². The molecule has 12 nitrogen and oxygen atoms in total. The van der Waals surface area contributed by atoms with Gasteiger partial charge in [0, 0.05) is 37.2 Å². The maximum absolute atomic E-state index is 12.0. The number of carbonyl (C=O) groups is 4. The molecule has 2 aliphatic rings. The number of benzene rings is 1. The Kier molecular flexibility index (Phi) is 11.3. The molecule has 0 unspecified atom stereocenters. The van der Waals surface area contributed by atoms with Crippen molar-refractivity contribution in [3.63, 3.8) is 0 Å². The van der Waals surface area contributed by atoms with Gasteiger partial charge in [0.2, 0.25) is 0 Å². The van der Waals surface area contributed by atoms with Crippen molar-refractivity contribution in [2.45, 2.75) is 39.7 Å². The molecular formula is C25H33NO11. The third kappa shape index (κ3) is 8.46. The van der Waals surface area contributed by atoms with Gasteiger partial charge in [-0.05, 0) is 32.3 Å². The van der Waals surface area contributed by atoms with Crippen LogP contribution >= 0.6 is 0 Å². The molecule has 0 spiro atoms. The molecule has 3 rings (SSSR count). The Bertz CT molecular complexity index is 1030. The van der Waals surface area contributed by atoms with Gasteiger partial charge < -0.3 is 34.3 Å². The minimum absolute atomic E-state index is 0.0912. The molecule has 1 fully saturated rings. The van der Waals surface area contributed by atoms with Gasteiger partial charge in [-0.25, -0.2) is 14.4 Å². The number of rotatable bonds is 9. The van der Waals surface area contributed by atoms with Crippen molar-refractivity contribution in [3.05, 3.63) is 33.9 Å². The molecule has 1 aromatic rings. The normalized spacial score (nSPS) is 15.2. The number of phenolic OH excluding ortho intramolecular Hbond substituents is 1. The number of nitrogens with zero attached hydrogens (tertiary/aromatic N) is 1. The van der Waals surface area contributed by atoms with E-state index in [2.05, 4.69) is 4.90 Å². The molecule has 37 heavy (non-hydrogen) atoms. The summed E-state index contributed by atoms with van der Waals surface area (Å²) in [6.07, 6.45) is 3.18. The molecule has 0 aliphatic carbocycles. The zero-order valence-corrected chi connectivity index (χ0v) is 21.2. The quantitative estimate of drug-likeness (QED) is 0.244. The second-order valence-electron chi connectivity index (χ2n) is 8.45. The molecule has 0 atom stereocenters. The van der Waals surface area contributed by atoms with Crippen molar-refractivity contribution < 1.29 is 53.4 Å². The molecular weight excluding hydrogens is 490 g/mol. The number of methoxy groups -OCH3 is 1. The first kappa shape index (κ1) is 29.6. The van der Waals surface area contributed by atoms with Gasteiger partial charge in [0.1, 0.15) is 30.3 Å². The Labute approximate surface area is 214 Å². The lowest BCUT2D eigenvalue weighted by Gasteiger charge is -2.26. The Morgan fingerprint density at radius 2 is 1.76 bits per heavy atom. The smallest absolute Gasteiger partial charge is 0.414 e. The van der Waals surface area contributed by atoms with Crippen LogP contribution in [0.3, 0.4) is 0 Å². The standard InChI is InChI=1S/C23H31NO7.C2H2O4/c1-15(5-7-19(25)30-13-10-24-8-11-29-12-9-24)4-6-17-21(26)20-18(14-31-23(20)27)16(2)22(17)28-3;3-1(4)2(5)6/h4,26H,5-14H2,1-3H3;(H,3,4)(H,5,6). The first-order valence-corrected chi connectivity index (χ1v) is 11.7. The zero-order chi connectivity index (χ0) is 27.5. The number of hydrogen-bond acceptors (Lipinski definition) is 10. The van der Waals surface area contributed by atoms with Gasteiger partial charge in [0.15, 0.2) is 0 Å². The van der Waals surface area contributed by atoms with Crippen molar-refractivity contribution in [2.24, 2.45) is 0 Å². The lowest BCUT2D eigenvalue weighted by molar-refractivity contribution is -0.159. The number of carboxylic acid groups (broad SMARTS) is 2. The summed E-state index contributed by atoms with van der Waals surface area (Å²) in [7, 11) is 1.54. The molecule has 1 aromatic carbocycles. The number of carbonyl (C=O) groups excluding carboxylic acids is 2. The van der Waals surface area contributed by atoms with Crippen LogP contribution in [0.2, 0.25) is 0 Å². The maximum atomic E-state index is 12.0. The Morgan fingerprint density at radius 1 is 1.11 bits per heavy atom. The molecule has 0 amide bonds. The molecule has 12 heteroatoms. The van der Waals surface area contributed by atoms with E-state index in [0.29, 0.717) is 42.7 Å². The van der Waals surface area contributed by atoms with Gasteiger partial charge in [-0.15, -0.1) is 0 Å². The van der Waals surface area contributed by atoms with Crippen molar-refractivity contribution in [3.8, 4) is 11.5 Å². The number of fused-ring (bicyclic) bond motifs is 1. The van der Waals surface area contributed by atoms with Gasteiger partial charge in [-0.1, -0.05) is 11.6 Å². The van der Waals surface area contributed by atoms with E-state index in [1.807, 2.05) is 19.9 Å². The molecule has 204 valence electrons. The summed E-state index contributed by atoms with van der Waals surface area (Å²) in [5, 5.41) is 25.4. The summed E-state index contributed by atoms with van der Waals surface area (Å²) in [6.45, 7) is 8.23. The van der Waals surface area contributed by atoms with Gasteiger partial charge >= 0.3 is 23.9 Å². The van der Waals surface area contributed by atoms with Crippen LogP contribution in [0.25, 0.3) is 0 Å². The topological polar surface area (TPSA) is 169 Å². The number of allylic oxidation sites excluding steroid dienone is 2. The summed E-state index contributed by atoms with van der Waals surface area (Å²) in [4.78, 5) is 44.4. The van der Waals surface area contributed by atoms with E-state index >= 15 is 0 Å². The average Bonchev–Trinajstić information content (AvgIpc) is 3.27. The number of aromatic hydroxyl groups is 1. The van der Waals surface area contributed by atoms with Gasteiger partial charge in [-0.3, -0.25) is 9.69 Å². The van der Waals surface area contributed by atoms with E-state index < -0.39 is 17.9 Å². The molecule has 3 N–H and O–H groups in total. The van der Waals surface area contributed by atoms with Gasteiger partial charge in [0.25, 0.3) is 0 Å². The monoisotopic (exact) mass is 523 g/mol. The van der Waals surface area contributed by atoms with Crippen molar-refractivity contribution in [1.29, 1.82) is 0 Å². The van der Waals surface area contributed by atoms with Crippen LogP contribution in [-0.2, 0) is 41.6 Å². The fourth-order valence-electron chi connectivity index (χ4n) is 3.89. The van der Waals surface area contributed by atoms with Crippen LogP contribution in [0.1, 0.15) is 46.8 Å². The second kappa shape index (κ2) is 14.2. The SMILES string of the molecule is COc1c(C)c2c(c(O)c1CC=C(C)CCC(=O)OCCN1CCOCC1)C(=O)OC2.O=C(O)C(=O)O. The lowest BCUT2D eigenvalue weighted by atomic mass is 9.94. The van der Waals surface area contributed by atoms with Crippen LogP contribution in [0.5, 0.6) is 11.5 Å². The van der Waals surface area contributed by atoms with Crippen LogP contribution in [0, 0.1) is 6.92 Å². The first-order chi connectivity index (χ1) is 17.6. The summed E-state index contributed by atoms with van der Waals surface area (Å²) >= 11 is 0. The van der Waals surface area contributed by atoms with Gasteiger partial charge in [0.05, 0.1) is 20.3 Å². The largest absolute Gasteiger partial charge is 0.507 e. The summed E-state index contributed by atoms with van der Waals surface area (Å²) in [6, 6.07) is 0. The molecule has 0 aromatic heterocycles. The van der Waals surface area contributed by atoms with E-state index in [1.165, 1.54) is 0 Å². The number of cyclic esters (lactones) is 1. The predicted molar refractivity (Wildman–Crippen MR) is 129 cm³/mol. The number of hydrogen-bond donors (Lipinski definition) is 3. The first-order valence-electron chi connectivity index (χ1n) is 11.7. The molecule has 0 radical (unpaired) electrons. The average molecular weight is 524 g/mol. The highest BCUT2D eigenvalue weighted by Gasteiger charge is 2.31. The van der Waals surface area contributed by atoms with E-state index in [9.17, 15) is 14.7 Å². The minimum Gasteiger partial charge on any atom is -0.507 e. The van der Waals surface area contributed by atoms with Crippen molar-refractivity contribution in [2.75, 3.05) is 46.6 Å². The molecule has 2 aliphatic heterocycles. The molecule has 0 saturated carbocycles.